The van der Waals surface area contributed by atoms with Gasteiger partial charge in [0.05, 0.1) is 25.6 Å². The summed E-state index contributed by atoms with van der Waals surface area (Å²) in [6, 6.07) is 3.59. The number of nitrogens with zero attached hydrogens (tertiary/aromatic N) is 5. The number of methoxy groups -OCH3 is 1. The van der Waals surface area contributed by atoms with Crippen LogP contribution in [0.5, 0.6) is 5.88 Å². The summed E-state index contributed by atoms with van der Waals surface area (Å²) in [6.07, 6.45) is 3.97. The van der Waals surface area contributed by atoms with Crippen LogP contribution in [0.15, 0.2) is 33.7 Å². The zero-order valence-corrected chi connectivity index (χ0v) is 12.6. The number of hydrogen-bond acceptors (Lipinski definition) is 8. The van der Waals surface area contributed by atoms with Crippen LogP contribution in [0.2, 0.25) is 0 Å². The molecule has 4 rings (SSSR count). The van der Waals surface area contributed by atoms with E-state index in [4.69, 9.17) is 13.7 Å². The van der Waals surface area contributed by atoms with Crippen molar-refractivity contribution in [3.8, 4) is 17.5 Å². The third-order valence-electron chi connectivity index (χ3n) is 3.80. The van der Waals surface area contributed by atoms with E-state index in [0.29, 0.717) is 36.4 Å². The molecule has 3 aromatic heterocycles. The lowest BCUT2D eigenvalue weighted by molar-refractivity contribution is 0.204. The van der Waals surface area contributed by atoms with Crippen molar-refractivity contribution in [1.82, 2.24) is 25.0 Å². The van der Waals surface area contributed by atoms with Crippen molar-refractivity contribution in [2.45, 2.75) is 19.5 Å². The van der Waals surface area contributed by atoms with Crippen LogP contribution in [0.3, 0.4) is 0 Å². The van der Waals surface area contributed by atoms with E-state index in [1.807, 2.05) is 0 Å². The lowest BCUT2D eigenvalue weighted by atomic mass is 10.1. The summed E-state index contributed by atoms with van der Waals surface area (Å²) < 4.78 is 15.9. The average molecular weight is 313 g/mol. The Morgan fingerprint density at radius 2 is 2.30 bits per heavy atom. The fourth-order valence-electron chi connectivity index (χ4n) is 2.70. The van der Waals surface area contributed by atoms with Crippen LogP contribution in [0, 0.1) is 0 Å². The fourth-order valence-corrected chi connectivity index (χ4v) is 2.70. The van der Waals surface area contributed by atoms with Crippen molar-refractivity contribution in [1.29, 1.82) is 0 Å². The van der Waals surface area contributed by atoms with E-state index in [1.54, 1.807) is 31.8 Å². The maximum atomic E-state index is 5.32. The van der Waals surface area contributed by atoms with E-state index in [2.05, 4.69) is 25.0 Å². The molecular formula is C15H15N5O3. The summed E-state index contributed by atoms with van der Waals surface area (Å²) in [5.74, 6) is 2.24. The average Bonchev–Trinajstić information content (AvgIpc) is 3.25. The SMILES string of the molecule is COc1ncnc2c1CN(Cc1nc(-c3ccco3)no1)CC2. The highest BCUT2D eigenvalue weighted by molar-refractivity contribution is 5.44. The van der Waals surface area contributed by atoms with Gasteiger partial charge in [-0.15, -0.1) is 0 Å². The Morgan fingerprint density at radius 3 is 3.13 bits per heavy atom. The van der Waals surface area contributed by atoms with Gasteiger partial charge in [-0.2, -0.15) is 4.98 Å². The molecule has 3 aromatic rings. The molecule has 0 aromatic carbocycles. The van der Waals surface area contributed by atoms with Crippen molar-refractivity contribution in [3.63, 3.8) is 0 Å². The Bertz CT molecular complexity index is 785. The number of fused-ring (bicyclic) bond motifs is 1. The third-order valence-corrected chi connectivity index (χ3v) is 3.80. The quantitative estimate of drug-likeness (QED) is 0.718. The summed E-state index contributed by atoms with van der Waals surface area (Å²) in [7, 11) is 1.62. The highest BCUT2D eigenvalue weighted by Gasteiger charge is 2.23. The molecule has 0 radical (unpaired) electrons. The number of ether oxygens (including phenoxy) is 1. The molecule has 0 unspecified atom stereocenters. The van der Waals surface area contributed by atoms with Gasteiger partial charge in [0, 0.05) is 25.1 Å². The molecule has 0 N–H and O–H groups in total. The van der Waals surface area contributed by atoms with Gasteiger partial charge in [0.15, 0.2) is 5.76 Å². The van der Waals surface area contributed by atoms with Crippen LogP contribution in [-0.4, -0.2) is 38.7 Å². The van der Waals surface area contributed by atoms with Crippen LogP contribution in [-0.2, 0) is 19.5 Å². The second kappa shape index (κ2) is 5.81. The molecule has 0 fully saturated rings. The zero-order valence-electron chi connectivity index (χ0n) is 12.6. The van der Waals surface area contributed by atoms with Crippen LogP contribution in [0.4, 0.5) is 0 Å². The Hall–Kier alpha value is -2.74. The molecule has 118 valence electrons. The summed E-state index contributed by atoms with van der Waals surface area (Å²) in [4.78, 5) is 15.1. The lowest BCUT2D eigenvalue weighted by Crippen LogP contribution is -2.31. The monoisotopic (exact) mass is 313 g/mol. The molecule has 8 nitrogen and oxygen atoms in total. The minimum atomic E-state index is 0.461. The van der Waals surface area contributed by atoms with Crippen molar-refractivity contribution >= 4 is 0 Å². The molecule has 0 saturated carbocycles. The first-order valence-electron chi connectivity index (χ1n) is 7.29. The van der Waals surface area contributed by atoms with Crippen LogP contribution >= 0.6 is 0 Å². The molecule has 4 heterocycles. The van der Waals surface area contributed by atoms with E-state index in [0.717, 1.165) is 24.2 Å². The number of hydrogen-bond donors (Lipinski definition) is 0. The summed E-state index contributed by atoms with van der Waals surface area (Å²) in [5.41, 5.74) is 2.06. The second-order valence-electron chi connectivity index (χ2n) is 5.26. The van der Waals surface area contributed by atoms with Gasteiger partial charge in [0.1, 0.15) is 6.33 Å². The number of aromatic nitrogens is 4. The molecule has 0 saturated heterocycles. The highest BCUT2D eigenvalue weighted by Crippen LogP contribution is 2.25. The molecule has 23 heavy (non-hydrogen) atoms. The molecule has 0 bridgehead atoms. The van der Waals surface area contributed by atoms with Gasteiger partial charge in [0.25, 0.3) is 0 Å². The maximum Gasteiger partial charge on any atom is 0.241 e. The first-order chi connectivity index (χ1) is 11.3. The van der Waals surface area contributed by atoms with Crippen LogP contribution in [0.1, 0.15) is 17.1 Å². The third kappa shape index (κ3) is 2.68. The minimum Gasteiger partial charge on any atom is -0.481 e. The number of furan rings is 1. The van der Waals surface area contributed by atoms with Gasteiger partial charge in [-0.05, 0) is 12.1 Å². The standard InChI is InChI=1S/C15H15N5O3/c1-21-15-10-7-20(5-4-11(10)16-9-17-15)8-13-18-14(19-23-13)12-3-2-6-22-12/h2-3,6,9H,4-5,7-8H2,1H3. The van der Waals surface area contributed by atoms with Crippen molar-refractivity contribution in [2.75, 3.05) is 13.7 Å². The highest BCUT2D eigenvalue weighted by atomic mass is 16.5. The van der Waals surface area contributed by atoms with Crippen molar-refractivity contribution in [2.24, 2.45) is 0 Å². The molecule has 1 aliphatic rings. The molecule has 0 aliphatic carbocycles. The van der Waals surface area contributed by atoms with Gasteiger partial charge < -0.3 is 13.7 Å². The largest absolute Gasteiger partial charge is 0.481 e. The summed E-state index contributed by atoms with van der Waals surface area (Å²) in [5, 5.41) is 3.95. The molecule has 0 spiro atoms. The molecule has 0 atom stereocenters. The van der Waals surface area contributed by atoms with Gasteiger partial charge in [0.2, 0.25) is 17.6 Å². The molecular weight excluding hydrogens is 298 g/mol. The normalized spacial score (nSPS) is 14.7. The van der Waals surface area contributed by atoms with E-state index < -0.39 is 0 Å². The first kappa shape index (κ1) is 13.9. The fraction of sp³-hybridized carbons (Fsp3) is 0.333. The van der Waals surface area contributed by atoms with Crippen LogP contribution in [0.25, 0.3) is 11.6 Å². The predicted octanol–water partition coefficient (Wildman–Crippen LogP) is 1.69. The maximum absolute atomic E-state index is 5.32. The van der Waals surface area contributed by atoms with Gasteiger partial charge in [-0.1, -0.05) is 5.16 Å². The smallest absolute Gasteiger partial charge is 0.241 e. The van der Waals surface area contributed by atoms with E-state index in [-0.39, 0.29) is 0 Å². The first-order valence-corrected chi connectivity index (χ1v) is 7.29. The van der Waals surface area contributed by atoms with E-state index >= 15 is 0 Å². The lowest BCUT2D eigenvalue weighted by Gasteiger charge is -2.27. The Labute approximate surface area is 132 Å². The predicted molar refractivity (Wildman–Crippen MR) is 78.4 cm³/mol. The van der Waals surface area contributed by atoms with Crippen molar-refractivity contribution < 1.29 is 13.7 Å². The minimum absolute atomic E-state index is 0.461. The van der Waals surface area contributed by atoms with Crippen molar-refractivity contribution in [3.05, 3.63) is 41.9 Å². The van der Waals surface area contributed by atoms with Gasteiger partial charge in [-0.3, -0.25) is 4.90 Å². The van der Waals surface area contributed by atoms with Gasteiger partial charge in [-0.25, -0.2) is 9.97 Å². The summed E-state index contributed by atoms with van der Waals surface area (Å²) >= 11 is 0. The Kier molecular flexibility index (Phi) is 3.51. The van der Waals surface area contributed by atoms with Gasteiger partial charge >= 0.3 is 0 Å². The topological polar surface area (TPSA) is 90.3 Å². The zero-order chi connectivity index (χ0) is 15.6. The van der Waals surface area contributed by atoms with Crippen LogP contribution < -0.4 is 4.74 Å². The van der Waals surface area contributed by atoms with E-state index in [1.165, 1.54) is 0 Å². The molecule has 8 heteroatoms. The number of rotatable bonds is 4. The molecule has 1 aliphatic heterocycles. The second-order valence-corrected chi connectivity index (χ2v) is 5.26. The molecule has 0 amide bonds. The van der Waals surface area contributed by atoms with E-state index in [9.17, 15) is 0 Å². The Morgan fingerprint density at radius 1 is 1.35 bits per heavy atom. The Balaban J connectivity index is 1.50. The summed E-state index contributed by atoms with van der Waals surface area (Å²) in [6.45, 7) is 2.12.